The van der Waals surface area contributed by atoms with Gasteiger partial charge in [-0.25, -0.2) is 0 Å². The molecule has 1 fully saturated rings. The SMILES string of the molecule is CC(C)C1CCN(C2CCCc3c(O)cccc32)CC1. The molecule has 20 heavy (non-hydrogen) atoms. The van der Waals surface area contributed by atoms with Crippen molar-refractivity contribution in [2.75, 3.05) is 13.1 Å². The summed E-state index contributed by atoms with van der Waals surface area (Å²) in [6.45, 7) is 7.16. The van der Waals surface area contributed by atoms with E-state index in [2.05, 4.69) is 24.8 Å². The second-order valence-electron chi connectivity index (χ2n) is 6.87. The van der Waals surface area contributed by atoms with Crippen molar-refractivity contribution in [2.24, 2.45) is 11.8 Å². The molecule has 0 saturated carbocycles. The predicted molar refractivity (Wildman–Crippen MR) is 82.9 cm³/mol. The first-order chi connectivity index (χ1) is 9.66. The summed E-state index contributed by atoms with van der Waals surface area (Å²) < 4.78 is 0. The van der Waals surface area contributed by atoms with Crippen molar-refractivity contribution in [3.05, 3.63) is 29.3 Å². The van der Waals surface area contributed by atoms with Crippen LogP contribution in [0.4, 0.5) is 0 Å². The maximum absolute atomic E-state index is 10.1. The van der Waals surface area contributed by atoms with Crippen LogP contribution in [0.25, 0.3) is 0 Å². The predicted octanol–water partition coefficient (Wildman–Crippen LogP) is 4.14. The Morgan fingerprint density at radius 1 is 1.15 bits per heavy atom. The first-order valence-corrected chi connectivity index (χ1v) is 8.21. The van der Waals surface area contributed by atoms with Crippen LogP contribution >= 0.6 is 0 Å². The number of phenols is 1. The third kappa shape index (κ3) is 2.58. The highest BCUT2D eigenvalue weighted by molar-refractivity contribution is 5.42. The Kier molecular flexibility index (Phi) is 4.02. The normalized spacial score (nSPS) is 24.9. The highest BCUT2D eigenvalue weighted by Crippen LogP contribution is 2.40. The Hall–Kier alpha value is -1.02. The summed E-state index contributed by atoms with van der Waals surface area (Å²) in [7, 11) is 0. The molecule has 2 nitrogen and oxygen atoms in total. The van der Waals surface area contributed by atoms with Crippen LogP contribution in [0.3, 0.4) is 0 Å². The minimum Gasteiger partial charge on any atom is -0.508 e. The van der Waals surface area contributed by atoms with E-state index in [-0.39, 0.29) is 0 Å². The van der Waals surface area contributed by atoms with Gasteiger partial charge in [0.15, 0.2) is 0 Å². The van der Waals surface area contributed by atoms with E-state index < -0.39 is 0 Å². The first-order valence-electron chi connectivity index (χ1n) is 8.21. The number of aromatic hydroxyl groups is 1. The molecule has 1 aromatic rings. The smallest absolute Gasteiger partial charge is 0.119 e. The number of nitrogens with zero attached hydrogens (tertiary/aromatic N) is 1. The zero-order chi connectivity index (χ0) is 14.1. The van der Waals surface area contributed by atoms with Crippen LogP contribution in [-0.2, 0) is 6.42 Å². The van der Waals surface area contributed by atoms with Gasteiger partial charge in [-0.2, -0.15) is 0 Å². The van der Waals surface area contributed by atoms with Crippen molar-refractivity contribution in [1.82, 2.24) is 4.90 Å². The van der Waals surface area contributed by atoms with Crippen LogP contribution in [0.5, 0.6) is 5.75 Å². The number of hydrogen-bond donors (Lipinski definition) is 1. The topological polar surface area (TPSA) is 23.5 Å². The summed E-state index contributed by atoms with van der Waals surface area (Å²) in [6, 6.07) is 6.62. The van der Waals surface area contributed by atoms with E-state index in [9.17, 15) is 5.11 Å². The highest BCUT2D eigenvalue weighted by Gasteiger charge is 2.30. The summed E-state index contributed by atoms with van der Waals surface area (Å²) in [5, 5.41) is 10.1. The molecular formula is C18H27NO. The molecule has 1 saturated heterocycles. The van der Waals surface area contributed by atoms with E-state index in [0.29, 0.717) is 11.8 Å². The molecule has 1 aliphatic heterocycles. The summed E-state index contributed by atoms with van der Waals surface area (Å²) in [6.07, 6.45) is 6.17. The Morgan fingerprint density at radius 3 is 2.60 bits per heavy atom. The molecule has 1 unspecified atom stereocenters. The lowest BCUT2D eigenvalue weighted by atomic mass is 9.82. The van der Waals surface area contributed by atoms with Crippen molar-refractivity contribution in [3.8, 4) is 5.75 Å². The van der Waals surface area contributed by atoms with Gasteiger partial charge in [-0.1, -0.05) is 26.0 Å². The molecule has 3 rings (SSSR count). The molecule has 2 aliphatic rings. The fourth-order valence-electron chi connectivity index (χ4n) is 4.08. The summed E-state index contributed by atoms with van der Waals surface area (Å²) in [5.74, 6) is 2.22. The third-order valence-corrected chi connectivity index (χ3v) is 5.41. The maximum atomic E-state index is 10.1. The van der Waals surface area contributed by atoms with E-state index in [1.807, 2.05) is 12.1 Å². The second kappa shape index (κ2) is 5.77. The quantitative estimate of drug-likeness (QED) is 0.875. The van der Waals surface area contributed by atoms with Crippen LogP contribution in [0.2, 0.25) is 0 Å². The second-order valence-corrected chi connectivity index (χ2v) is 6.87. The fourth-order valence-corrected chi connectivity index (χ4v) is 4.08. The van der Waals surface area contributed by atoms with Crippen LogP contribution in [0, 0.1) is 11.8 Å². The lowest BCUT2D eigenvalue weighted by Gasteiger charge is -2.41. The number of benzene rings is 1. The molecule has 0 spiro atoms. The first kappa shape index (κ1) is 13.9. The molecule has 110 valence electrons. The van der Waals surface area contributed by atoms with Gasteiger partial charge >= 0.3 is 0 Å². The van der Waals surface area contributed by atoms with E-state index in [1.54, 1.807) is 0 Å². The summed E-state index contributed by atoms with van der Waals surface area (Å²) >= 11 is 0. The van der Waals surface area contributed by atoms with Gasteiger partial charge in [0, 0.05) is 6.04 Å². The molecule has 1 aromatic carbocycles. The van der Waals surface area contributed by atoms with Gasteiger partial charge in [-0.05, 0) is 74.2 Å². The van der Waals surface area contributed by atoms with Gasteiger partial charge in [0.05, 0.1) is 0 Å². The van der Waals surface area contributed by atoms with Crippen molar-refractivity contribution in [1.29, 1.82) is 0 Å². The molecule has 1 atom stereocenters. The molecule has 0 amide bonds. The van der Waals surface area contributed by atoms with Crippen molar-refractivity contribution >= 4 is 0 Å². The van der Waals surface area contributed by atoms with Crippen LogP contribution < -0.4 is 0 Å². The minimum absolute atomic E-state index is 0.504. The lowest BCUT2D eigenvalue weighted by Crippen LogP contribution is -2.39. The van der Waals surface area contributed by atoms with Crippen molar-refractivity contribution < 1.29 is 5.11 Å². The number of hydrogen-bond acceptors (Lipinski definition) is 2. The molecule has 2 heteroatoms. The highest BCUT2D eigenvalue weighted by atomic mass is 16.3. The van der Waals surface area contributed by atoms with Crippen LogP contribution in [0.1, 0.15) is 56.7 Å². The van der Waals surface area contributed by atoms with Crippen LogP contribution in [0.15, 0.2) is 18.2 Å². The number of rotatable bonds is 2. The van der Waals surface area contributed by atoms with Gasteiger partial charge in [0.1, 0.15) is 5.75 Å². The Morgan fingerprint density at radius 2 is 1.90 bits per heavy atom. The summed E-state index contributed by atoms with van der Waals surface area (Å²) in [4.78, 5) is 2.66. The van der Waals surface area contributed by atoms with Gasteiger partial charge in [0.25, 0.3) is 0 Å². The number of fused-ring (bicyclic) bond motifs is 1. The molecule has 0 radical (unpaired) electrons. The lowest BCUT2D eigenvalue weighted by molar-refractivity contribution is 0.104. The average molecular weight is 273 g/mol. The third-order valence-electron chi connectivity index (χ3n) is 5.41. The summed E-state index contributed by atoms with van der Waals surface area (Å²) in [5.41, 5.74) is 2.59. The Bertz CT molecular complexity index is 460. The van der Waals surface area contributed by atoms with Gasteiger partial charge < -0.3 is 5.11 Å². The van der Waals surface area contributed by atoms with Gasteiger partial charge in [-0.15, -0.1) is 0 Å². The molecule has 0 aromatic heterocycles. The fraction of sp³-hybridized carbons (Fsp3) is 0.667. The zero-order valence-electron chi connectivity index (χ0n) is 12.8. The number of phenolic OH excluding ortho intramolecular Hbond substituents is 1. The molecule has 1 N–H and O–H groups in total. The maximum Gasteiger partial charge on any atom is 0.119 e. The van der Waals surface area contributed by atoms with Crippen molar-refractivity contribution in [3.63, 3.8) is 0 Å². The number of piperidine rings is 1. The average Bonchev–Trinajstić information content (AvgIpc) is 2.47. The van der Waals surface area contributed by atoms with Crippen molar-refractivity contribution in [2.45, 2.75) is 52.0 Å². The van der Waals surface area contributed by atoms with E-state index >= 15 is 0 Å². The van der Waals surface area contributed by atoms with E-state index in [0.717, 1.165) is 18.3 Å². The van der Waals surface area contributed by atoms with Crippen LogP contribution in [-0.4, -0.2) is 23.1 Å². The Labute approximate surface area is 122 Å². The largest absolute Gasteiger partial charge is 0.508 e. The van der Waals surface area contributed by atoms with E-state index in [4.69, 9.17) is 0 Å². The van der Waals surface area contributed by atoms with Gasteiger partial charge in [-0.3, -0.25) is 4.90 Å². The molecular weight excluding hydrogens is 246 g/mol. The molecule has 1 aliphatic carbocycles. The molecule has 0 bridgehead atoms. The van der Waals surface area contributed by atoms with E-state index in [1.165, 1.54) is 49.9 Å². The zero-order valence-corrected chi connectivity index (χ0v) is 12.8. The standard InChI is InChI=1S/C18H27NO/c1-13(2)14-9-11-19(12-10-14)17-7-3-6-16-15(17)5-4-8-18(16)20/h4-5,8,13-14,17,20H,3,6-7,9-12H2,1-2H3. The van der Waals surface area contributed by atoms with Gasteiger partial charge in [0.2, 0.25) is 0 Å². The Balaban J connectivity index is 1.75. The molecule has 1 heterocycles. The number of likely N-dealkylation sites (tertiary alicyclic amines) is 1. The monoisotopic (exact) mass is 273 g/mol. The minimum atomic E-state index is 0.504.